The Morgan fingerprint density at radius 3 is 1.27 bits per heavy atom. The van der Waals surface area contributed by atoms with E-state index in [9.17, 15) is 0 Å². The van der Waals surface area contributed by atoms with Crippen molar-refractivity contribution in [3.63, 3.8) is 0 Å². The fourth-order valence-electron chi connectivity index (χ4n) is 4.12. The van der Waals surface area contributed by atoms with Gasteiger partial charge >= 0.3 is 0 Å². The number of halogens is 2. The van der Waals surface area contributed by atoms with Gasteiger partial charge in [0.2, 0.25) is 0 Å². The number of benzene rings is 3. The van der Waals surface area contributed by atoms with E-state index in [0.717, 1.165) is 0 Å². The molecule has 0 aliphatic carbocycles. The van der Waals surface area contributed by atoms with E-state index in [4.69, 9.17) is 0 Å². The van der Waals surface area contributed by atoms with Gasteiger partial charge in [0.25, 0.3) is 0 Å². The van der Waals surface area contributed by atoms with Gasteiger partial charge in [-0.3, -0.25) is 0 Å². The van der Waals surface area contributed by atoms with Crippen LogP contribution >= 0.6 is 0 Å². The van der Waals surface area contributed by atoms with Crippen LogP contribution in [0.3, 0.4) is 0 Å². The van der Waals surface area contributed by atoms with E-state index in [2.05, 4.69) is 123 Å². The van der Waals surface area contributed by atoms with Crippen molar-refractivity contribution < 1.29 is 50.7 Å². The maximum Gasteiger partial charge on any atom is 0.112 e. The van der Waals surface area contributed by atoms with Crippen LogP contribution in [0.1, 0.15) is 25.3 Å². The van der Waals surface area contributed by atoms with Crippen LogP contribution in [-0.4, -0.2) is 8.07 Å². The van der Waals surface area contributed by atoms with Crippen molar-refractivity contribution in [2.75, 3.05) is 0 Å². The first kappa shape index (κ1) is 26.7. The van der Waals surface area contributed by atoms with Crippen LogP contribution in [0.5, 0.6) is 0 Å². The molecule has 0 N–H and O–H groups in total. The van der Waals surface area contributed by atoms with Crippen LogP contribution in [0, 0.1) is 0 Å². The van der Waals surface area contributed by atoms with E-state index in [-0.39, 0.29) is 50.7 Å². The predicted octanol–water partition coefficient (Wildman–Crippen LogP) is -2.09. The van der Waals surface area contributed by atoms with Crippen molar-refractivity contribution in [3.8, 4) is 0 Å². The first-order valence-corrected chi connectivity index (χ1v) is 11.7. The van der Waals surface area contributed by atoms with Crippen LogP contribution in [0.2, 0.25) is 0 Å². The minimum atomic E-state index is -2.32. The third-order valence-corrected chi connectivity index (χ3v) is 10.3. The van der Waals surface area contributed by atoms with E-state index in [1.807, 2.05) is 0 Å². The quantitative estimate of drug-likeness (QED) is 0.138. The van der Waals surface area contributed by atoms with E-state index in [0.29, 0.717) is 5.92 Å². The van der Waals surface area contributed by atoms with Crippen LogP contribution in [-0.2, 0) is 25.8 Å². The van der Waals surface area contributed by atoms with E-state index >= 15 is 0 Å². The Kier molecular flexibility index (Phi) is 10.6. The molecule has 0 aliphatic heterocycles. The van der Waals surface area contributed by atoms with Gasteiger partial charge in [-0.05, 0) is 5.92 Å². The summed E-state index contributed by atoms with van der Waals surface area (Å²) in [5.41, 5.74) is 1.42. The van der Waals surface area contributed by atoms with Crippen molar-refractivity contribution in [2.24, 2.45) is 0 Å². The van der Waals surface area contributed by atoms with Gasteiger partial charge in [0.1, 0.15) is 8.07 Å². The Hall–Kier alpha value is -1.32. The molecule has 0 saturated heterocycles. The third-order valence-electron chi connectivity index (χ3n) is 5.50. The molecule has 0 atom stereocenters. The molecule has 0 fully saturated rings. The molecule has 154 valence electrons. The van der Waals surface area contributed by atoms with Gasteiger partial charge in [-0.2, -0.15) is 22.9 Å². The number of rotatable bonds is 5. The zero-order chi connectivity index (χ0) is 18.7. The first-order chi connectivity index (χ1) is 13.2. The van der Waals surface area contributed by atoms with Crippen LogP contribution < -0.4 is 45.6 Å². The fraction of sp³-hybridized carbons (Fsp3) is 0.115. The molecule has 0 radical (unpaired) electrons. The van der Waals surface area contributed by atoms with E-state index < -0.39 is 8.07 Å². The molecule has 4 heteroatoms. The predicted molar refractivity (Wildman–Crippen MR) is 120 cm³/mol. The molecule has 30 heavy (non-hydrogen) atoms. The maximum absolute atomic E-state index is 2.45. The summed E-state index contributed by atoms with van der Waals surface area (Å²) in [6.07, 6.45) is 0. The molecule has 0 nitrogen and oxygen atoms in total. The summed E-state index contributed by atoms with van der Waals surface area (Å²) in [7, 11) is -2.32. The molecule has 0 bridgehead atoms. The van der Waals surface area contributed by atoms with Crippen LogP contribution in [0.4, 0.5) is 0 Å². The van der Waals surface area contributed by atoms with Crippen LogP contribution in [0.25, 0.3) is 0 Å². The molecule has 0 amide bonds. The second-order valence-electron chi connectivity index (χ2n) is 7.44. The SMILES string of the molecule is CC(C)c1cc([Si](c2ccccc2)(c2ccccc2)c2ccccc2)c[cH-]1.[Cl-].[Cl-].[Hf]. The molecular weight excluding hydrogens is 590 g/mol. The molecule has 0 spiro atoms. The zero-order valence-electron chi connectivity index (χ0n) is 17.2. The summed E-state index contributed by atoms with van der Waals surface area (Å²) in [5.74, 6) is 0.535. The molecule has 4 aromatic rings. The van der Waals surface area contributed by atoms with Crippen molar-refractivity contribution in [1.82, 2.24) is 0 Å². The molecule has 0 aliphatic rings. The summed E-state index contributed by atoms with van der Waals surface area (Å²) in [4.78, 5) is 0. The van der Waals surface area contributed by atoms with Gasteiger partial charge in [0.05, 0.1) is 0 Å². The van der Waals surface area contributed by atoms with Gasteiger partial charge in [-0.25, -0.2) is 6.07 Å². The van der Waals surface area contributed by atoms with E-state index in [1.165, 1.54) is 26.3 Å². The normalized spacial score (nSPS) is 10.5. The summed E-state index contributed by atoms with van der Waals surface area (Å²) in [5, 5.41) is 5.77. The minimum absolute atomic E-state index is 0. The van der Waals surface area contributed by atoms with E-state index in [1.54, 1.807) is 0 Å². The first-order valence-electron chi connectivity index (χ1n) is 9.66. The van der Waals surface area contributed by atoms with Crippen molar-refractivity contribution in [3.05, 3.63) is 115 Å². The molecule has 4 rings (SSSR count). The van der Waals surface area contributed by atoms with Crippen molar-refractivity contribution >= 4 is 28.8 Å². The second-order valence-corrected chi connectivity index (χ2v) is 11.2. The Balaban J connectivity index is 0.00000150. The van der Waals surface area contributed by atoms with Gasteiger partial charge in [-0.1, -0.05) is 120 Å². The zero-order valence-corrected chi connectivity index (χ0v) is 23.3. The summed E-state index contributed by atoms with van der Waals surface area (Å²) >= 11 is 0. The summed E-state index contributed by atoms with van der Waals surface area (Å²) in [6.45, 7) is 4.55. The molecule has 0 unspecified atom stereocenters. The van der Waals surface area contributed by atoms with Gasteiger partial charge in [-0.15, -0.1) is 0 Å². The molecule has 0 heterocycles. The van der Waals surface area contributed by atoms with Crippen LogP contribution in [0.15, 0.2) is 109 Å². The molecule has 4 aromatic carbocycles. The monoisotopic (exact) mass is 615 g/mol. The van der Waals surface area contributed by atoms with Crippen molar-refractivity contribution in [2.45, 2.75) is 19.8 Å². The average molecular weight is 615 g/mol. The van der Waals surface area contributed by atoms with Gasteiger partial charge in [0.15, 0.2) is 0 Å². The molecule has 0 saturated carbocycles. The average Bonchev–Trinajstić information content (AvgIpc) is 3.22. The standard InChI is InChI=1S/C26H25Si.2ClH.Hf/c1-21(2)22-18-19-26(20-22)27(23-12-6-3-7-13-23,24-14-8-4-9-15-24)25-16-10-5-11-17-25;;;/h3-21H,1-2H3;2*1H;/q-1;;;/p-2. The maximum atomic E-state index is 2.45. The third kappa shape index (κ3) is 4.94. The van der Waals surface area contributed by atoms with Gasteiger partial charge < -0.3 is 24.8 Å². The largest absolute Gasteiger partial charge is 1.00 e. The second kappa shape index (κ2) is 11.9. The summed E-state index contributed by atoms with van der Waals surface area (Å²) < 4.78 is 0. The molecular formula is C26H25Cl2HfSi-3. The Labute approximate surface area is 212 Å². The Morgan fingerprint density at radius 1 is 0.600 bits per heavy atom. The fourth-order valence-corrected chi connectivity index (χ4v) is 8.91. The summed E-state index contributed by atoms with van der Waals surface area (Å²) in [6, 6.07) is 40.4. The van der Waals surface area contributed by atoms with Crippen molar-refractivity contribution in [1.29, 1.82) is 0 Å². The smallest absolute Gasteiger partial charge is 0.112 e. The Bertz CT molecular complexity index is 902. The number of hydrogen-bond acceptors (Lipinski definition) is 0. The minimum Gasteiger partial charge on any atom is -1.00 e. The number of hydrogen-bond donors (Lipinski definition) is 0. The Morgan fingerprint density at radius 2 is 0.967 bits per heavy atom. The topological polar surface area (TPSA) is 0 Å². The molecule has 0 aromatic heterocycles. The van der Waals surface area contributed by atoms with Gasteiger partial charge in [0, 0.05) is 25.8 Å².